The smallest absolute Gasteiger partial charge is 0.251 e. The van der Waals surface area contributed by atoms with Crippen LogP contribution in [0.5, 0.6) is 5.75 Å². The Morgan fingerprint density at radius 2 is 2.19 bits per heavy atom. The van der Waals surface area contributed by atoms with Gasteiger partial charge >= 0.3 is 0 Å². The SMILES string of the molecule is C=CCNC(=O)c1ccc(OCCN2CCCC2)c(N)c1. The number of nitrogen functional groups attached to an aromatic ring is 1. The fraction of sp³-hybridized carbons (Fsp3) is 0.438. The van der Waals surface area contributed by atoms with Crippen molar-refractivity contribution in [3.05, 3.63) is 36.4 Å². The van der Waals surface area contributed by atoms with Gasteiger partial charge in [0.15, 0.2) is 0 Å². The number of hydrogen-bond acceptors (Lipinski definition) is 4. The van der Waals surface area contributed by atoms with E-state index in [-0.39, 0.29) is 5.91 Å². The summed E-state index contributed by atoms with van der Waals surface area (Å²) in [7, 11) is 0. The molecule has 1 saturated heterocycles. The molecule has 0 bridgehead atoms. The highest BCUT2D eigenvalue weighted by Gasteiger charge is 2.12. The van der Waals surface area contributed by atoms with Crippen LogP contribution in [0, 0.1) is 0 Å². The summed E-state index contributed by atoms with van der Waals surface area (Å²) in [6.07, 6.45) is 4.18. The van der Waals surface area contributed by atoms with Crippen LogP contribution in [0.25, 0.3) is 0 Å². The summed E-state index contributed by atoms with van der Waals surface area (Å²) >= 11 is 0. The Morgan fingerprint density at radius 3 is 2.86 bits per heavy atom. The summed E-state index contributed by atoms with van der Waals surface area (Å²) in [5.41, 5.74) is 6.96. The lowest BCUT2D eigenvalue weighted by atomic mass is 10.1. The van der Waals surface area contributed by atoms with E-state index in [4.69, 9.17) is 10.5 Å². The predicted octanol–water partition coefficient (Wildman–Crippen LogP) is 1.66. The molecule has 0 unspecified atom stereocenters. The number of ether oxygens (including phenoxy) is 1. The molecule has 1 aromatic rings. The first kappa shape index (κ1) is 15.4. The number of nitrogens with zero attached hydrogens (tertiary/aromatic N) is 1. The molecule has 0 spiro atoms. The molecule has 1 aromatic carbocycles. The van der Waals surface area contributed by atoms with Gasteiger partial charge in [-0.3, -0.25) is 9.69 Å². The number of benzene rings is 1. The zero-order valence-electron chi connectivity index (χ0n) is 12.3. The molecule has 1 aliphatic heterocycles. The molecular weight excluding hydrogens is 266 g/mol. The Morgan fingerprint density at radius 1 is 1.43 bits per heavy atom. The quantitative estimate of drug-likeness (QED) is 0.592. The van der Waals surface area contributed by atoms with Crippen LogP contribution in [0.15, 0.2) is 30.9 Å². The molecule has 0 atom stereocenters. The molecule has 114 valence electrons. The van der Waals surface area contributed by atoms with Gasteiger partial charge in [-0.05, 0) is 44.1 Å². The van der Waals surface area contributed by atoms with Crippen LogP contribution in [0.1, 0.15) is 23.2 Å². The minimum atomic E-state index is -0.162. The van der Waals surface area contributed by atoms with Crippen LogP contribution in [-0.4, -0.2) is 43.6 Å². The largest absolute Gasteiger partial charge is 0.490 e. The van der Waals surface area contributed by atoms with E-state index in [0.29, 0.717) is 30.2 Å². The average Bonchev–Trinajstić information content (AvgIpc) is 2.99. The van der Waals surface area contributed by atoms with Gasteiger partial charge in [0.05, 0.1) is 5.69 Å². The lowest BCUT2D eigenvalue weighted by Gasteiger charge is -2.16. The highest BCUT2D eigenvalue weighted by molar-refractivity contribution is 5.95. The first-order valence-electron chi connectivity index (χ1n) is 7.34. The number of nitrogens with two attached hydrogens (primary N) is 1. The van der Waals surface area contributed by atoms with E-state index in [9.17, 15) is 4.79 Å². The van der Waals surface area contributed by atoms with Crippen LogP contribution >= 0.6 is 0 Å². The van der Waals surface area contributed by atoms with Crippen molar-refractivity contribution in [2.45, 2.75) is 12.8 Å². The summed E-state index contributed by atoms with van der Waals surface area (Å²) in [5.74, 6) is 0.472. The van der Waals surface area contributed by atoms with E-state index >= 15 is 0 Å². The van der Waals surface area contributed by atoms with Gasteiger partial charge < -0.3 is 15.8 Å². The molecule has 1 heterocycles. The molecule has 0 radical (unpaired) electrons. The molecule has 5 heteroatoms. The van der Waals surface area contributed by atoms with Crippen molar-refractivity contribution in [1.82, 2.24) is 10.2 Å². The number of anilines is 1. The van der Waals surface area contributed by atoms with Crippen molar-refractivity contribution in [2.75, 3.05) is 38.5 Å². The van der Waals surface area contributed by atoms with E-state index in [1.165, 1.54) is 12.8 Å². The van der Waals surface area contributed by atoms with Gasteiger partial charge in [-0.25, -0.2) is 0 Å². The number of amides is 1. The van der Waals surface area contributed by atoms with E-state index < -0.39 is 0 Å². The van der Waals surface area contributed by atoms with Gasteiger partial charge in [0.2, 0.25) is 0 Å². The summed E-state index contributed by atoms with van der Waals surface area (Å²) in [4.78, 5) is 14.2. The van der Waals surface area contributed by atoms with Crippen molar-refractivity contribution in [2.24, 2.45) is 0 Å². The number of carbonyl (C=O) groups is 1. The molecule has 5 nitrogen and oxygen atoms in total. The maximum absolute atomic E-state index is 11.8. The average molecular weight is 289 g/mol. The molecule has 0 saturated carbocycles. The van der Waals surface area contributed by atoms with Crippen molar-refractivity contribution >= 4 is 11.6 Å². The van der Waals surface area contributed by atoms with Crippen molar-refractivity contribution in [1.29, 1.82) is 0 Å². The van der Waals surface area contributed by atoms with Gasteiger partial charge in [-0.15, -0.1) is 6.58 Å². The summed E-state index contributed by atoms with van der Waals surface area (Å²) in [6.45, 7) is 7.84. The molecule has 2 rings (SSSR count). The maximum atomic E-state index is 11.8. The van der Waals surface area contributed by atoms with Gasteiger partial charge in [-0.1, -0.05) is 6.08 Å². The molecule has 1 amide bonds. The van der Waals surface area contributed by atoms with Crippen LogP contribution in [0.2, 0.25) is 0 Å². The zero-order valence-corrected chi connectivity index (χ0v) is 12.3. The number of carbonyl (C=O) groups excluding carboxylic acids is 1. The van der Waals surface area contributed by atoms with Crippen LogP contribution in [0.4, 0.5) is 5.69 Å². The number of likely N-dealkylation sites (tertiary alicyclic amines) is 1. The van der Waals surface area contributed by atoms with E-state index in [1.54, 1.807) is 24.3 Å². The number of nitrogens with one attached hydrogen (secondary N) is 1. The van der Waals surface area contributed by atoms with Gasteiger partial charge in [0.25, 0.3) is 5.91 Å². The number of hydrogen-bond donors (Lipinski definition) is 2. The third-order valence-corrected chi connectivity index (χ3v) is 3.54. The van der Waals surface area contributed by atoms with Crippen LogP contribution in [0.3, 0.4) is 0 Å². The lowest BCUT2D eigenvalue weighted by Crippen LogP contribution is -2.25. The normalized spacial score (nSPS) is 14.9. The first-order chi connectivity index (χ1) is 10.2. The second kappa shape index (κ2) is 7.69. The molecule has 21 heavy (non-hydrogen) atoms. The Labute approximate surface area is 125 Å². The number of rotatable bonds is 7. The molecule has 1 aliphatic rings. The molecule has 0 aromatic heterocycles. The first-order valence-corrected chi connectivity index (χ1v) is 7.34. The highest BCUT2D eigenvalue weighted by atomic mass is 16.5. The minimum absolute atomic E-state index is 0.162. The molecular formula is C16H23N3O2. The van der Waals surface area contributed by atoms with E-state index in [0.717, 1.165) is 19.6 Å². The van der Waals surface area contributed by atoms with Crippen molar-refractivity contribution < 1.29 is 9.53 Å². The molecule has 3 N–H and O–H groups in total. The Balaban J connectivity index is 1.86. The summed E-state index contributed by atoms with van der Waals surface area (Å²) in [5, 5.41) is 2.72. The van der Waals surface area contributed by atoms with Crippen molar-refractivity contribution in [3.63, 3.8) is 0 Å². The van der Waals surface area contributed by atoms with Gasteiger partial charge in [-0.2, -0.15) is 0 Å². The van der Waals surface area contributed by atoms with E-state index in [1.807, 2.05) is 0 Å². The second-order valence-electron chi connectivity index (χ2n) is 5.15. The molecule has 0 aliphatic carbocycles. The Hall–Kier alpha value is -2.01. The highest BCUT2D eigenvalue weighted by Crippen LogP contribution is 2.22. The standard InChI is InChI=1S/C16H23N3O2/c1-2-7-18-16(20)13-5-6-15(14(17)12-13)21-11-10-19-8-3-4-9-19/h2,5-6,12H,1,3-4,7-11,17H2,(H,18,20). The Kier molecular flexibility index (Phi) is 5.63. The van der Waals surface area contributed by atoms with Gasteiger partial charge in [0.1, 0.15) is 12.4 Å². The third kappa shape index (κ3) is 4.49. The lowest BCUT2D eigenvalue weighted by molar-refractivity contribution is 0.0958. The van der Waals surface area contributed by atoms with Crippen LogP contribution in [-0.2, 0) is 0 Å². The predicted molar refractivity (Wildman–Crippen MR) is 84.6 cm³/mol. The topological polar surface area (TPSA) is 67.6 Å². The fourth-order valence-electron chi connectivity index (χ4n) is 2.38. The van der Waals surface area contributed by atoms with Gasteiger partial charge in [0, 0.05) is 18.7 Å². The fourth-order valence-corrected chi connectivity index (χ4v) is 2.38. The second-order valence-corrected chi connectivity index (χ2v) is 5.15. The minimum Gasteiger partial charge on any atom is -0.490 e. The maximum Gasteiger partial charge on any atom is 0.251 e. The zero-order chi connectivity index (χ0) is 15.1. The van der Waals surface area contributed by atoms with Crippen molar-refractivity contribution in [3.8, 4) is 5.75 Å². The third-order valence-electron chi connectivity index (χ3n) is 3.54. The Bertz CT molecular complexity index is 496. The van der Waals surface area contributed by atoms with Crippen LogP contribution < -0.4 is 15.8 Å². The monoisotopic (exact) mass is 289 g/mol. The molecule has 1 fully saturated rings. The summed E-state index contributed by atoms with van der Waals surface area (Å²) < 4.78 is 5.70. The van der Waals surface area contributed by atoms with E-state index in [2.05, 4.69) is 16.8 Å². The summed E-state index contributed by atoms with van der Waals surface area (Å²) in [6, 6.07) is 5.12.